The summed E-state index contributed by atoms with van der Waals surface area (Å²) in [6, 6.07) is 9.62. The van der Waals surface area contributed by atoms with Crippen molar-refractivity contribution in [1.29, 1.82) is 0 Å². The fraction of sp³-hybridized carbons (Fsp3) is 0.400. The van der Waals surface area contributed by atoms with E-state index in [2.05, 4.69) is 15.2 Å². The Morgan fingerprint density at radius 3 is 2.67 bits per heavy atom. The normalized spacial score (nSPS) is 16.9. The lowest BCUT2D eigenvalue weighted by Crippen LogP contribution is -2.39. The molecule has 27 heavy (non-hydrogen) atoms. The summed E-state index contributed by atoms with van der Waals surface area (Å²) in [5.74, 6) is -1.08. The van der Waals surface area contributed by atoms with Crippen molar-refractivity contribution in [3.8, 4) is 17.0 Å². The SMILES string of the molecule is CC(C)Oc1ccc2[nH]nc(-c3ccnc(N4CCC(F)(F)CC4)c3)c2c1. The standard InChI is InChI=1S/C20H22F2N4O/c1-13(2)27-15-3-4-17-16(12-15)19(25-24-17)14-5-8-23-18(11-14)26-9-6-20(21,22)7-10-26/h3-5,8,11-13H,6-7,9-10H2,1-2H3,(H,24,25). The summed E-state index contributed by atoms with van der Waals surface area (Å²) in [7, 11) is 0. The van der Waals surface area contributed by atoms with Crippen LogP contribution in [0.2, 0.25) is 0 Å². The van der Waals surface area contributed by atoms with E-state index in [0.29, 0.717) is 18.9 Å². The molecule has 7 heteroatoms. The fourth-order valence-corrected chi connectivity index (χ4v) is 3.36. The van der Waals surface area contributed by atoms with E-state index in [9.17, 15) is 8.78 Å². The Kier molecular flexibility index (Phi) is 4.45. The second-order valence-corrected chi connectivity index (χ2v) is 7.19. The van der Waals surface area contributed by atoms with Crippen molar-refractivity contribution in [3.05, 3.63) is 36.5 Å². The first-order valence-corrected chi connectivity index (χ1v) is 9.15. The largest absolute Gasteiger partial charge is 0.491 e. The highest BCUT2D eigenvalue weighted by atomic mass is 19.3. The number of aromatic nitrogens is 3. The number of nitrogens with one attached hydrogen (secondary N) is 1. The maximum atomic E-state index is 13.4. The van der Waals surface area contributed by atoms with Crippen molar-refractivity contribution < 1.29 is 13.5 Å². The van der Waals surface area contributed by atoms with Crippen molar-refractivity contribution in [2.75, 3.05) is 18.0 Å². The lowest BCUT2D eigenvalue weighted by Gasteiger charge is -2.32. The molecule has 0 unspecified atom stereocenters. The third kappa shape index (κ3) is 3.72. The number of anilines is 1. The number of hydrogen-bond acceptors (Lipinski definition) is 4. The van der Waals surface area contributed by atoms with Crippen LogP contribution in [-0.4, -0.2) is 40.3 Å². The molecule has 0 amide bonds. The molecule has 1 aliphatic rings. The highest BCUT2D eigenvalue weighted by Crippen LogP contribution is 2.33. The van der Waals surface area contributed by atoms with Crippen LogP contribution in [-0.2, 0) is 0 Å². The van der Waals surface area contributed by atoms with Gasteiger partial charge in [-0.05, 0) is 44.2 Å². The Hall–Kier alpha value is -2.70. The molecule has 4 rings (SSSR count). The number of rotatable bonds is 4. The number of nitrogens with zero attached hydrogens (tertiary/aromatic N) is 3. The minimum absolute atomic E-state index is 0.0857. The fourth-order valence-electron chi connectivity index (χ4n) is 3.36. The zero-order valence-electron chi connectivity index (χ0n) is 15.4. The van der Waals surface area contributed by atoms with E-state index < -0.39 is 5.92 Å². The molecule has 1 aliphatic heterocycles. The van der Waals surface area contributed by atoms with Gasteiger partial charge in [-0.3, -0.25) is 5.10 Å². The van der Waals surface area contributed by atoms with Crippen molar-refractivity contribution in [2.45, 2.75) is 38.7 Å². The summed E-state index contributed by atoms with van der Waals surface area (Å²) in [4.78, 5) is 6.28. The van der Waals surface area contributed by atoms with Crippen molar-refractivity contribution in [1.82, 2.24) is 15.2 Å². The lowest BCUT2D eigenvalue weighted by molar-refractivity contribution is -0.0221. The van der Waals surface area contributed by atoms with E-state index in [0.717, 1.165) is 27.9 Å². The summed E-state index contributed by atoms with van der Waals surface area (Å²) >= 11 is 0. The summed E-state index contributed by atoms with van der Waals surface area (Å²) in [5, 5.41) is 8.44. The number of alkyl halides is 2. The van der Waals surface area contributed by atoms with Crippen LogP contribution >= 0.6 is 0 Å². The molecule has 0 atom stereocenters. The number of benzene rings is 1. The Morgan fingerprint density at radius 1 is 1.15 bits per heavy atom. The summed E-state index contributed by atoms with van der Waals surface area (Å²) in [6.07, 6.45) is 1.51. The van der Waals surface area contributed by atoms with Gasteiger partial charge in [0.25, 0.3) is 5.92 Å². The number of H-pyrrole nitrogens is 1. The van der Waals surface area contributed by atoms with Crippen molar-refractivity contribution in [2.24, 2.45) is 0 Å². The zero-order chi connectivity index (χ0) is 19.0. The van der Waals surface area contributed by atoms with E-state index in [4.69, 9.17) is 4.74 Å². The predicted molar refractivity (Wildman–Crippen MR) is 101 cm³/mol. The molecule has 1 N–H and O–H groups in total. The van der Waals surface area contributed by atoms with Crippen molar-refractivity contribution in [3.63, 3.8) is 0 Å². The average molecular weight is 372 g/mol. The van der Waals surface area contributed by atoms with Crippen LogP contribution in [0, 0.1) is 0 Å². The molecule has 0 saturated carbocycles. The summed E-state index contributed by atoms with van der Waals surface area (Å²) in [5.41, 5.74) is 2.60. The van der Waals surface area contributed by atoms with Gasteiger partial charge in [-0.2, -0.15) is 5.10 Å². The third-order valence-corrected chi connectivity index (χ3v) is 4.74. The zero-order valence-corrected chi connectivity index (χ0v) is 15.4. The van der Waals surface area contributed by atoms with Gasteiger partial charge >= 0.3 is 0 Å². The first-order chi connectivity index (χ1) is 12.9. The van der Waals surface area contributed by atoms with Gasteiger partial charge in [0.15, 0.2) is 0 Å². The maximum Gasteiger partial charge on any atom is 0.251 e. The van der Waals surface area contributed by atoms with E-state index in [1.807, 2.05) is 49.1 Å². The molecule has 1 saturated heterocycles. The molecule has 1 aromatic carbocycles. The third-order valence-electron chi connectivity index (χ3n) is 4.74. The first kappa shape index (κ1) is 17.7. The maximum absolute atomic E-state index is 13.4. The number of halogens is 2. The molecule has 3 aromatic rings. The van der Waals surface area contributed by atoms with Crippen LogP contribution in [0.25, 0.3) is 22.2 Å². The molecule has 2 aromatic heterocycles. The van der Waals surface area contributed by atoms with Gasteiger partial charge in [0.1, 0.15) is 17.3 Å². The smallest absolute Gasteiger partial charge is 0.251 e. The van der Waals surface area contributed by atoms with E-state index in [1.54, 1.807) is 6.20 Å². The van der Waals surface area contributed by atoms with Gasteiger partial charge < -0.3 is 9.64 Å². The molecule has 142 valence electrons. The molecule has 0 aliphatic carbocycles. The van der Waals surface area contributed by atoms with Gasteiger partial charge in [0, 0.05) is 43.1 Å². The van der Waals surface area contributed by atoms with E-state index in [1.165, 1.54) is 0 Å². The monoisotopic (exact) mass is 372 g/mol. The first-order valence-electron chi connectivity index (χ1n) is 9.15. The Balaban J connectivity index is 1.66. The van der Waals surface area contributed by atoms with E-state index >= 15 is 0 Å². The van der Waals surface area contributed by atoms with E-state index in [-0.39, 0.29) is 18.9 Å². The van der Waals surface area contributed by atoms with Crippen LogP contribution in [0.3, 0.4) is 0 Å². The Bertz CT molecular complexity index is 944. The van der Waals surface area contributed by atoms with Gasteiger partial charge in [-0.1, -0.05) is 0 Å². The van der Waals surface area contributed by atoms with Gasteiger partial charge in [0.2, 0.25) is 0 Å². The van der Waals surface area contributed by atoms with Crippen LogP contribution in [0.5, 0.6) is 5.75 Å². The highest BCUT2D eigenvalue weighted by molar-refractivity contribution is 5.94. The number of fused-ring (bicyclic) bond motifs is 1. The topological polar surface area (TPSA) is 54.0 Å². The second kappa shape index (κ2) is 6.79. The Morgan fingerprint density at radius 2 is 1.93 bits per heavy atom. The van der Waals surface area contributed by atoms with Crippen LogP contribution < -0.4 is 9.64 Å². The molecule has 5 nitrogen and oxygen atoms in total. The van der Waals surface area contributed by atoms with Crippen molar-refractivity contribution >= 4 is 16.7 Å². The summed E-state index contributed by atoms with van der Waals surface area (Å²) < 4.78 is 32.6. The predicted octanol–water partition coefficient (Wildman–Crippen LogP) is 4.65. The summed E-state index contributed by atoms with van der Waals surface area (Å²) in [6.45, 7) is 4.57. The number of hydrogen-bond donors (Lipinski definition) is 1. The molecule has 3 heterocycles. The number of ether oxygens (including phenoxy) is 1. The highest BCUT2D eigenvalue weighted by Gasteiger charge is 2.34. The Labute approximate surface area is 156 Å². The molecule has 0 radical (unpaired) electrons. The molecule has 0 bridgehead atoms. The van der Waals surface area contributed by atoms with Crippen LogP contribution in [0.4, 0.5) is 14.6 Å². The van der Waals surface area contributed by atoms with Gasteiger partial charge in [-0.15, -0.1) is 0 Å². The van der Waals surface area contributed by atoms with Crippen LogP contribution in [0.15, 0.2) is 36.5 Å². The second-order valence-electron chi connectivity index (χ2n) is 7.19. The molecule has 1 fully saturated rings. The average Bonchev–Trinajstić information content (AvgIpc) is 3.04. The lowest BCUT2D eigenvalue weighted by atomic mass is 10.1. The quantitative estimate of drug-likeness (QED) is 0.724. The van der Waals surface area contributed by atoms with Crippen LogP contribution in [0.1, 0.15) is 26.7 Å². The number of piperidine rings is 1. The molecular formula is C20H22F2N4O. The van der Waals surface area contributed by atoms with Gasteiger partial charge in [0.05, 0.1) is 11.6 Å². The number of pyridine rings is 1. The van der Waals surface area contributed by atoms with Gasteiger partial charge in [-0.25, -0.2) is 13.8 Å². The molecule has 0 spiro atoms. The molecular weight excluding hydrogens is 350 g/mol. The minimum atomic E-state index is -2.57. The number of aromatic amines is 1. The minimum Gasteiger partial charge on any atom is -0.491 e.